The van der Waals surface area contributed by atoms with E-state index < -0.39 is 5.91 Å². The van der Waals surface area contributed by atoms with Gasteiger partial charge in [0.25, 0.3) is 5.91 Å². The zero-order chi connectivity index (χ0) is 23.5. The lowest BCUT2D eigenvalue weighted by Gasteiger charge is -2.11. The first-order chi connectivity index (χ1) is 16.0. The van der Waals surface area contributed by atoms with Crippen molar-refractivity contribution in [3.63, 3.8) is 0 Å². The Hall–Kier alpha value is -4.26. The Bertz CT molecular complexity index is 1340. The number of hydrogen-bond acceptors (Lipinski definition) is 5. The lowest BCUT2D eigenvalue weighted by molar-refractivity contribution is 0.102. The van der Waals surface area contributed by atoms with Crippen LogP contribution < -0.4 is 20.5 Å². The Morgan fingerprint density at radius 1 is 1.00 bits per heavy atom. The van der Waals surface area contributed by atoms with Gasteiger partial charge in [0.2, 0.25) is 5.78 Å². The summed E-state index contributed by atoms with van der Waals surface area (Å²) in [6.45, 7) is 2.05. The second-order valence-corrected chi connectivity index (χ2v) is 7.49. The molecule has 0 aliphatic heterocycles. The van der Waals surface area contributed by atoms with Crippen molar-refractivity contribution < 1.29 is 19.1 Å². The van der Waals surface area contributed by atoms with Gasteiger partial charge in [0.1, 0.15) is 17.2 Å². The molecule has 7 heteroatoms. The molecule has 33 heavy (non-hydrogen) atoms. The third-order valence-electron chi connectivity index (χ3n) is 5.60. The van der Waals surface area contributed by atoms with Crippen LogP contribution in [-0.2, 0) is 6.42 Å². The second-order valence-electron chi connectivity index (χ2n) is 7.49. The first kappa shape index (κ1) is 22.0. The first-order valence-corrected chi connectivity index (χ1v) is 10.5. The van der Waals surface area contributed by atoms with E-state index in [1.165, 1.54) is 7.11 Å². The number of anilines is 2. The molecule has 0 aliphatic rings. The summed E-state index contributed by atoms with van der Waals surface area (Å²) in [7, 11) is 3.06. The SMILES string of the molecule is CCc1ccc(C(=O)c2c(N)c(C(=O)Nc3ccc(OC)cc3OC)c3ccccn23)cc1. The van der Waals surface area contributed by atoms with Crippen LogP contribution in [0, 0.1) is 0 Å². The molecule has 2 aromatic carbocycles. The van der Waals surface area contributed by atoms with Crippen LogP contribution >= 0.6 is 0 Å². The topological polar surface area (TPSA) is 95.1 Å². The highest BCUT2D eigenvalue weighted by Gasteiger charge is 2.26. The van der Waals surface area contributed by atoms with Crippen molar-refractivity contribution in [3.8, 4) is 11.5 Å². The van der Waals surface area contributed by atoms with Gasteiger partial charge in [-0.25, -0.2) is 0 Å². The first-order valence-electron chi connectivity index (χ1n) is 10.5. The van der Waals surface area contributed by atoms with Crippen LogP contribution in [0.5, 0.6) is 11.5 Å². The highest BCUT2D eigenvalue weighted by Crippen LogP contribution is 2.32. The van der Waals surface area contributed by atoms with Gasteiger partial charge >= 0.3 is 0 Å². The zero-order valence-electron chi connectivity index (χ0n) is 18.7. The third kappa shape index (κ3) is 4.01. The number of carbonyl (C=O) groups excluding carboxylic acids is 2. The standard InChI is InChI=1S/C26H25N3O4/c1-4-16-8-10-17(11-9-16)25(30)24-23(27)22(20-7-5-6-14-29(20)24)26(31)28-19-13-12-18(32-2)15-21(19)33-3/h5-15H,4,27H2,1-3H3,(H,28,31). The van der Waals surface area contributed by atoms with E-state index in [1.54, 1.807) is 66.2 Å². The number of aryl methyl sites for hydroxylation is 1. The van der Waals surface area contributed by atoms with Crippen LogP contribution in [0.3, 0.4) is 0 Å². The van der Waals surface area contributed by atoms with E-state index in [1.807, 2.05) is 12.1 Å². The van der Waals surface area contributed by atoms with Crippen molar-refractivity contribution >= 4 is 28.6 Å². The molecular formula is C26H25N3O4. The van der Waals surface area contributed by atoms with Gasteiger partial charge in [-0.1, -0.05) is 37.3 Å². The number of aromatic nitrogens is 1. The summed E-state index contributed by atoms with van der Waals surface area (Å²) in [5, 5.41) is 2.85. The van der Waals surface area contributed by atoms with Crippen LogP contribution in [0.15, 0.2) is 66.9 Å². The van der Waals surface area contributed by atoms with Gasteiger partial charge in [0, 0.05) is 17.8 Å². The number of ketones is 1. The molecule has 0 bridgehead atoms. The minimum Gasteiger partial charge on any atom is -0.497 e. The molecule has 3 N–H and O–H groups in total. The van der Waals surface area contributed by atoms with E-state index in [9.17, 15) is 9.59 Å². The highest BCUT2D eigenvalue weighted by molar-refractivity contribution is 6.20. The predicted molar refractivity (Wildman–Crippen MR) is 129 cm³/mol. The number of methoxy groups -OCH3 is 2. The molecule has 0 aliphatic carbocycles. The van der Waals surface area contributed by atoms with E-state index in [4.69, 9.17) is 15.2 Å². The molecule has 0 radical (unpaired) electrons. The van der Waals surface area contributed by atoms with Crippen LogP contribution in [0.2, 0.25) is 0 Å². The number of nitrogen functional groups attached to an aromatic ring is 1. The molecule has 4 rings (SSSR count). The lowest BCUT2D eigenvalue weighted by atomic mass is 10.0. The number of nitrogens with two attached hydrogens (primary N) is 1. The molecule has 0 fully saturated rings. The molecule has 0 saturated heterocycles. The average Bonchev–Trinajstić information content (AvgIpc) is 3.15. The number of pyridine rings is 1. The summed E-state index contributed by atoms with van der Waals surface area (Å²) in [6.07, 6.45) is 2.61. The Kier molecular flexibility index (Phi) is 6.04. The maximum absolute atomic E-state index is 13.4. The number of ether oxygens (including phenoxy) is 2. The number of amides is 1. The van der Waals surface area contributed by atoms with E-state index in [0.29, 0.717) is 28.3 Å². The summed E-state index contributed by atoms with van der Waals surface area (Å²) in [4.78, 5) is 26.7. The maximum Gasteiger partial charge on any atom is 0.260 e. The third-order valence-corrected chi connectivity index (χ3v) is 5.60. The second kappa shape index (κ2) is 9.08. The van der Waals surface area contributed by atoms with Crippen molar-refractivity contribution in [1.29, 1.82) is 0 Å². The average molecular weight is 444 g/mol. The summed E-state index contributed by atoms with van der Waals surface area (Å²) < 4.78 is 12.2. The van der Waals surface area contributed by atoms with E-state index in [-0.39, 0.29) is 22.7 Å². The number of nitrogens with one attached hydrogen (secondary N) is 1. The minimum absolute atomic E-state index is 0.121. The fourth-order valence-corrected chi connectivity index (χ4v) is 3.81. The van der Waals surface area contributed by atoms with Gasteiger partial charge in [-0.3, -0.25) is 9.59 Å². The summed E-state index contributed by atoms with van der Waals surface area (Å²) in [5.74, 6) is 0.343. The van der Waals surface area contributed by atoms with Crippen molar-refractivity contribution in [1.82, 2.24) is 4.40 Å². The van der Waals surface area contributed by atoms with Gasteiger partial charge < -0.3 is 24.9 Å². The van der Waals surface area contributed by atoms with Crippen LogP contribution in [0.1, 0.15) is 38.9 Å². The summed E-state index contributed by atoms with van der Waals surface area (Å²) in [5.41, 5.74) is 9.66. The molecule has 0 saturated carbocycles. The van der Waals surface area contributed by atoms with E-state index in [0.717, 1.165) is 12.0 Å². The zero-order valence-corrected chi connectivity index (χ0v) is 18.7. The van der Waals surface area contributed by atoms with E-state index >= 15 is 0 Å². The number of hydrogen-bond donors (Lipinski definition) is 2. The monoisotopic (exact) mass is 443 g/mol. The van der Waals surface area contributed by atoms with Crippen molar-refractivity contribution in [2.75, 3.05) is 25.3 Å². The van der Waals surface area contributed by atoms with Gasteiger partial charge in [-0.2, -0.15) is 0 Å². The summed E-state index contributed by atoms with van der Waals surface area (Å²) >= 11 is 0. The fourth-order valence-electron chi connectivity index (χ4n) is 3.81. The fraction of sp³-hybridized carbons (Fsp3) is 0.154. The molecule has 7 nitrogen and oxygen atoms in total. The summed E-state index contributed by atoms with van der Waals surface area (Å²) in [6, 6.07) is 17.8. The largest absolute Gasteiger partial charge is 0.497 e. The molecule has 2 aromatic heterocycles. The molecule has 0 unspecified atom stereocenters. The quantitative estimate of drug-likeness (QED) is 0.408. The van der Waals surface area contributed by atoms with Gasteiger partial charge in [0.05, 0.1) is 36.7 Å². The van der Waals surface area contributed by atoms with Crippen molar-refractivity contribution in [3.05, 3.63) is 89.2 Å². The number of carbonyl (C=O) groups is 2. The molecule has 4 aromatic rings. The molecule has 168 valence electrons. The van der Waals surface area contributed by atoms with Gasteiger partial charge in [0.15, 0.2) is 0 Å². The smallest absolute Gasteiger partial charge is 0.260 e. The minimum atomic E-state index is -0.444. The number of nitrogens with zero attached hydrogens (tertiary/aromatic N) is 1. The van der Waals surface area contributed by atoms with Crippen LogP contribution in [0.4, 0.5) is 11.4 Å². The van der Waals surface area contributed by atoms with Gasteiger partial charge in [-0.15, -0.1) is 0 Å². The van der Waals surface area contributed by atoms with Crippen LogP contribution in [0.25, 0.3) is 5.52 Å². The van der Waals surface area contributed by atoms with Crippen LogP contribution in [-0.4, -0.2) is 30.3 Å². The Morgan fingerprint density at radius 2 is 1.76 bits per heavy atom. The molecule has 0 spiro atoms. The van der Waals surface area contributed by atoms with E-state index in [2.05, 4.69) is 12.2 Å². The number of rotatable bonds is 7. The molecular weight excluding hydrogens is 418 g/mol. The molecule has 1 amide bonds. The highest BCUT2D eigenvalue weighted by atomic mass is 16.5. The molecule has 2 heterocycles. The van der Waals surface area contributed by atoms with Crippen molar-refractivity contribution in [2.24, 2.45) is 0 Å². The maximum atomic E-state index is 13.4. The Morgan fingerprint density at radius 3 is 2.42 bits per heavy atom. The van der Waals surface area contributed by atoms with Crippen molar-refractivity contribution in [2.45, 2.75) is 13.3 Å². The number of fused-ring (bicyclic) bond motifs is 1. The molecule has 0 atom stereocenters. The Balaban J connectivity index is 1.77. The Labute approximate surface area is 191 Å². The van der Waals surface area contributed by atoms with Gasteiger partial charge in [-0.05, 0) is 36.2 Å². The lowest BCUT2D eigenvalue weighted by Crippen LogP contribution is -2.14. The number of benzene rings is 2. The normalized spacial score (nSPS) is 10.8. The predicted octanol–water partition coefficient (Wildman–Crippen LogP) is 4.58.